The highest BCUT2D eigenvalue weighted by atomic mass is 19.1. The molecule has 0 heterocycles. The van der Waals surface area contributed by atoms with E-state index in [-0.39, 0.29) is 12.3 Å². The lowest BCUT2D eigenvalue weighted by atomic mass is 10.2. The third-order valence-corrected chi connectivity index (χ3v) is 2.55. The van der Waals surface area contributed by atoms with Crippen LogP contribution in [0.5, 0.6) is 5.75 Å². The zero-order valence-electron chi connectivity index (χ0n) is 11.6. The number of nitrogens with one attached hydrogen (secondary N) is 1. The average molecular weight is 297 g/mol. The van der Waals surface area contributed by atoms with Gasteiger partial charge in [-0.05, 0) is 23.8 Å². The second-order valence-corrected chi connectivity index (χ2v) is 4.01. The van der Waals surface area contributed by atoms with Crippen molar-refractivity contribution in [2.24, 2.45) is 0 Å². The van der Waals surface area contributed by atoms with Gasteiger partial charge in [0.2, 0.25) is 5.91 Å². The third kappa shape index (κ3) is 5.23. The highest BCUT2D eigenvalue weighted by Gasteiger charge is 2.15. The number of hydrogen-bond donors (Lipinski definition) is 2. The van der Waals surface area contributed by atoms with Gasteiger partial charge < -0.3 is 19.9 Å². The van der Waals surface area contributed by atoms with Gasteiger partial charge in [-0.25, -0.2) is 9.18 Å². The molecular formula is C14H16FNO5. The fourth-order valence-electron chi connectivity index (χ4n) is 1.43. The lowest BCUT2D eigenvalue weighted by Gasteiger charge is -2.08. The van der Waals surface area contributed by atoms with Gasteiger partial charge in [-0.1, -0.05) is 6.07 Å². The number of hydrogen-bond acceptors (Lipinski definition) is 5. The first-order valence-corrected chi connectivity index (χ1v) is 6.03. The van der Waals surface area contributed by atoms with E-state index in [1.54, 1.807) is 6.07 Å². The van der Waals surface area contributed by atoms with Crippen LogP contribution in [0.1, 0.15) is 5.56 Å². The summed E-state index contributed by atoms with van der Waals surface area (Å²) in [5, 5.41) is 11.6. The molecule has 1 rings (SSSR count). The number of aliphatic hydroxyl groups is 1. The van der Waals surface area contributed by atoms with Crippen LogP contribution < -0.4 is 10.1 Å². The van der Waals surface area contributed by atoms with Crippen LogP contribution in [0, 0.1) is 5.82 Å². The summed E-state index contributed by atoms with van der Waals surface area (Å²) >= 11 is 0. The summed E-state index contributed by atoms with van der Waals surface area (Å²) in [6, 6.07) is 4.23. The molecule has 0 aromatic heterocycles. The van der Waals surface area contributed by atoms with Crippen molar-refractivity contribution in [1.82, 2.24) is 5.32 Å². The van der Waals surface area contributed by atoms with Gasteiger partial charge in [0.05, 0.1) is 20.8 Å². The van der Waals surface area contributed by atoms with E-state index >= 15 is 0 Å². The number of rotatable bonds is 6. The first-order chi connectivity index (χ1) is 9.97. The predicted octanol–water partition coefficient (Wildman–Crippen LogP) is 0.498. The maximum absolute atomic E-state index is 13.4. The Labute approximate surface area is 121 Å². The molecule has 21 heavy (non-hydrogen) atoms. The molecule has 114 valence electrons. The molecule has 2 N–H and O–H groups in total. The number of ether oxygens (including phenoxy) is 2. The minimum atomic E-state index is -1.43. The summed E-state index contributed by atoms with van der Waals surface area (Å²) < 4.78 is 22.5. The summed E-state index contributed by atoms with van der Waals surface area (Å²) in [4.78, 5) is 22.4. The molecule has 0 aliphatic carbocycles. The predicted molar refractivity (Wildman–Crippen MR) is 73.0 cm³/mol. The Hall–Kier alpha value is -2.41. The van der Waals surface area contributed by atoms with Gasteiger partial charge >= 0.3 is 5.97 Å². The van der Waals surface area contributed by atoms with E-state index in [4.69, 9.17) is 4.74 Å². The summed E-state index contributed by atoms with van der Waals surface area (Å²) in [6.45, 7) is -0.271. The number of halogens is 1. The largest absolute Gasteiger partial charge is 0.494 e. The van der Waals surface area contributed by atoms with Crippen molar-refractivity contribution in [3.05, 3.63) is 35.7 Å². The summed E-state index contributed by atoms with van der Waals surface area (Å²) in [5.41, 5.74) is 0.469. The molecule has 0 saturated carbocycles. The molecule has 6 nitrogen and oxygen atoms in total. The zero-order valence-corrected chi connectivity index (χ0v) is 11.6. The van der Waals surface area contributed by atoms with Gasteiger partial charge in [0.25, 0.3) is 0 Å². The van der Waals surface area contributed by atoms with Crippen molar-refractivity contribution in [2.45, 2.75) is 6.10 Å². The standard InChI is InChI=1S/C14H16FNO5/c1-20-12-5-3-9(7-10(12)15)4-6-13(18)16-8-11(17)14(19)21-2/h3-7,11,17H,8H2,1-2H3,(H,16,18)/b6-4+. The molecule has 1 atom stereocenters. The van der Waals surface area contributed by atoms with Gasteiger partial charge in [0.15, 0.2) is 17.7 Å². The first-order valence-electron chi connectivity index (χ1n) is 6.03. The van der Waals surface area contributed by atoms with E-state index in [1.807, 2.05) is 0 Å². The molecule has 0 fully saturated rings. The van der Waals surface area contributed by atoms with E-state index in [2.05, 4.69) is 10.1 Å². The van der Waals surface area contributed by atoms with Gasteiger partial charge in [-0.3, -0.25) is 4.79 Å². The minimum Gasteiger partial charge on any atom is -0.494 e. The number of carbonyl (C=O) groups is 2. The van der Waals surface area contributed by atoms with E-state index in [0.29, 0.717) is 5.56 Å². The zero-order chi connectivity index (χ0) is 15.8. The number of methoxy groups -OCH3 is 2. The normalized spacial score (nSPS) is 12.0. The van der Waals surface area contributed by atoms with Gasteiger partial charge in [0, 0.05) is 6.08 Å². The van der Waals surface area contributed by atoms with Crippen LogP contribution in [0.4, 0.5) is 4.39 Å². The van der Waals surface area contributed by atoms with Crippen LogP contribution in [0.2, 0.25) is 0 Å². The van der Waals surface area contributed by atoms with Crippen LogP contribution in [-0.4, -0.2) is 43.9 Å². The first kappa shape index (κ1) is 16.6. The fourth-order valence-corrected chi connectivity index (χ4v) is 1.43. The molecule has 0 radical (unpaired) electrons. The molecule has 0 spiro atoms. The minimum absolute atomic E-state index is 0.109. The number of amides is 1. The Morgan fingerprint density at radius 1 is 1.43 bits per heavy atom. The van der Waals surface area contributed by atoms with Gasteiger partial charge in [0.1, 0.15) is 0 Å². The fraction of sp³-hybridized carbons (Fsp3) is 0.286. The van der Waals surface area contributed by atoms with Crippen molar-refractivity contribution in [3.8, 4) is 5.75 Å². The summed E-state index contributed by atoms with van der Waals surface area (Å²) in [5.74, 6) is -1.80. The van der Waals surface area contributed by atoms with Crippen LogP contribution in [0.3, 0.4) is 0 Å². The molecule has 0 aliphatic rings. The monoisotopic (exact) mass is 297 g/mol. The molecule has 0 saturated heterocycles. The molecular weight excluding hydrogens is 281 g/mol. The van der Waals surface area contributed by atoms with Gasteiger partial charge in [-0.15, -0.1) is 0 Å². The third-order valence-electron chi connectivity index (χ3n) is 2.55. The topological polar surface area (TPSA) is 84.9 Å². The maximum Gasteiger partial charge on any atom is 0.336 e. The smallest absolute Gasteiger partial charge is 0.336 e. The van der Waals surface area contributed by atoms with Crippen molar-refractivity contribution in [3.63, 3.8) is 0 Å². The van der Waals surface area contributed by atoms with Crippen molar-refractivity contribution < 1.29 is 28.6 Å². The highest BCUT2D eigenvalue weighted by Crippen LogP contribution is 2.18. The highest BCUT2D eigenvalue weighted by molar-refractivity contribution is 5.92. The number of aliphatic hydroxyl groups excluding tert-OH is 1. The van der Waals surface area contributed by atoms with Gasteiger partial charge in [-0.2, -0.15) is 0 Å². The lowest BCUT2D eigenvalue weighted by molar-refractivity contribution is -0.150. The van der Waals surface area contributed by atoms with Crippen LogP contribution >= 0.6 is 0 Å². The SMILES string of the molecule is COC(=O)C(O)CNC(=O)/C=C/c1ccc(OC)c(F)c1. The second kappa shape index (κ2) is 8.01. The maximum atomic E-state index is 13.4. The van der Waals surface area contributed by atoms with E-state index in [1.165, 1.54) is 25.3 Å². The Bertz CT molecular complexity index is 544. The van der Waals surface area contributed by atoms with Crippen LogP contribution in [0.25, 0.3) is 6.08 Å². The van der Waals surface area contributed by atoms with E-state index in [9.17, 15) is 19.1 Å². The van der Waals surface area contributed by atoms with Crippen molar-refractivity contribution >= 4 is 18.0 Å². The molecule has 1 unspecified atom stereocenters. The Morgan fingerprint density at radius 3 is 2.71 bits per heavy atom. The lowest BCUT2D eigenvalue weighted by Crippen LogP contribution is -2.36. The summed E-state index contributed by atoms with van der Waals surface area (Å²) in [6.07, 6.45) is 1.12. The second-order valence-electron chi connectivity index (χ2n) is 4.01. The Morgan fingerprint density at radius 2 is 2.14 bits per heavy atom. The molecule has 7 heteroatoms. The Balaban J connectivity index is 2.54. The molecule has 1 aromatic carbocycles. The summed E-state index contributed by atoms with van der Waals surface area (Å²) in [7, 11) is 2.49. The van der Waals surface area contributed by atoms with E-state index < -0.39 is 23.8 Å². The van der Waals surface area contributed by atoms with Crippen molar-refractivity contribution in [1.29, 1.82) is 0 Å². The molecule has 0 aliphatic heterocycles. The van der Waals surface area contributed by atoms with Crippen LogP contribution in [-0.2, 0) is 14.3 Å². The van der Waals surface area contributed by atoms with E-state index in [0.717, 1.165) is 13.2 Å². The molecule has 1 amide bonds. The average Bonchev–Trinajstić information content (AvgIpc) is 2.49. The number of benzene rings is 1. The van der Waals surface area contributed by atoms with Crippen LogP contribution in [0.15, 0.2) is 24.3 Å². The number of esters is 1. The quantitative estimate of drug-likeness (QED) is 0.590. The Kier molecular flexibility index (Phi) is 6.35. The number of carbonyl (C=O) groups excluding carboxylic acids is 2. The molecule has 0 bridgehead atoms. The molecule has 1 aromatic rings. The van der Waals surface area contributed by atoms with Crippen molar-refractivity contribution in [2.75, 3.05) is 20.8 Å².